The molecule has 0 heterocycles. The van der Waals surface area contributed by atoms with Crippen LogP contribution in [-0.2, 0) is 25.1 Å². The van der Waals surface area contributed by atoms with E-state index in [1.807, 2.05) is 57.2 Å². The van der Waals surface area contributed by atoms with E-state index in [-0.39, 0.29) is 12.5 Å². The van der Waals surface area contributed by atoms with Gasteiger partial charge in [0.25, 0.3) is 0 Å². The number of benzene rings is 4. The molecule has 0 fully saturated rings. The summed E-state index contributed by atoms with van der Waals surface area (Å²) in [6, 6.07) is 32.0. The van der Waals surface area contributed by atoms with Gasteiger partial charge >= 0.3 is 18.1 Å². The van der Waals surface area contributed by atoms with Crippen LogP contribution in [-0.4, -0.2) is 24.1 Å². The summed E-state index contributed by atoms with van der Waals surface area (Å²) in [5.41, 5.74) is 2.31. The van der Waals surface area contributed by atoms with Crippen LogP contribution in [0.1, 0.15) is 104 Å². The predicted molar refractivity (Wildman–Crippen MR) is 212 cm³/mol. The lowest BCUT2D eigenvalue weighted by Crippen LogP contribution is -2.30. The minimum atomic E-state index is -4.47. The lowest BCUT2D eigenvalue weighted by Gasteiger charge is -2.32. The Morgan fingerprint density at radius 1 is 0.589 bits per heavy atom. The highest BCUT2D eigenvalue weighted by Crippen LogP contribution is 2.35. The molecule has 0 N–H and O–H groups in total. The summed E-state index contributed by atoms with van der Waals surface area (Å²) in [7, 11) is 0. The fraction of sp³-hybridized carbons (Fsp3) is 0.319. The Hall–Kier alpha value is -5.25. The van der Waals surface area contributed by atoms with E-state index < -0.39 is 53.8 Å². The van der Waals surface area contributed by atoms with Crippen molar-refractivity contribution in [3.8, 4) is 0 Å². The Labute approximate surface area is 328 Å². The summed E-state index contributed by atoms with van der Waals surface area (Å²) in [5, 5.41) is 0. The van der Waals surface area contributed by atoms with Crippen LogP contribution in [0.15, 0.2) is 151 Å². The summed E-state index contributed by atoms with van der Waals surface area (Å²) in [4.78, 5) is 26.3. The molecule has 0 aromatic heterocycles. The van der Waals surface area contributed by atoms with E-state index in [0.717, 1.165) is 23.3 Å². The van der Waals surface area contributed by atoms with Crippen molar-refractivity contribution in [2.75, 3.05) is 0 Å². The van der Waals surface area contributed by atoms with Gasteiger partial charge in [0.2, 0.25) is 0 Å². The molecule has 6 atom stereocenters. The lowest BCUT2D eigenvalue weighted by molar-refractivity contribution is -0.137. The third kappa shape index (κ3) is 12.4. The molecule has 4 aromatic rings. The van der Waals surface area contributed by atoms with Crippen molar-refractivity contribution in [2.45, 2.75) is 85.0 Å². The molecule has 0 spiro atoms. The number of esters is 2. The number of carbonyl (C=O) groups excluding carboxylic acids is 2. The molecule has 6 nitrogen and oxygen atoms in total. The van der Waals surface area contributed by atoms with Crippen molar-refractivity contribution >= 4 is 11.9 Å². The highest BCUT2D eigenvalue weighted by molar-refractivity contribution is 5.90. The monoisotopic (exact) mass is 768 g/mol. The molecule has 0 bridgehead atoms. The average Bonchev–Trinajstić information content (AvgIpc) is 3.21. The van der Waals surface area contributed by atoms with Crippen LogP contribution in [0.3, 0.4) is 0 Å². The molecule has 56 heavy (non-hydrogen) atoms. The first-order valence-corrected chi connectivity index (χ1v) is 18.8. The molecule has 0 saturated carbocycles. The third-order valence-electron chi connectivity index (χ3n) is 9.74. The van der Waals surface area contributed by atoms with Crippen LogP contribution in [0.2, 0.25) is 0 Å². The second-order valence-corrected chi connectivity index (χ2v) is 13.8. The number of halogens is 3. The van der Waals surface area contributed by atoms with Crippen molar-refractivity contribution in [1.29, 1.82) is 0 Å². The van der Waals surface area contributed by atoms with Crippen LogP contribution < -0.4 is 0 Å². The zero-order valence-electron chi connectivity index (χ0n) is 32.8. The van der Waals surface area contributed by atoms with E-state index in [2.05, 4.69) is 6.58 Å². The van der Waals surface area contributed by atoms with E-state index in [9.17, 15) is 22.8 Å². The van der Waals surface area contributed by atoms with Gasteiger partial charge < -0.3 is 18.9 Å². The standard InChI is InChI=1S/C47H51F3O6/c1-8-41(55-45(51)38-21-15-11-16-22-38)32(4)43(53-34(6)36-19-13-10-14-20-36)29-31(3)30-44(54-35(7)37-25-27-40(28-26-37)47(48,49)50)33(5)42(9-2)56-46(52)39-23-17-12-18-24-39/h8-28,32-35,43-44H,3,29-30H2,1-2,4-7H3/b41-8-,42-9-/t32-,33+,34+,35-,43+,44-/m1/s1. The molecule has 0 unspecified atom stereocenters. The maximum Gasteiger partial charge on any atom is 0.416 e. The second kappa shape index (κ2) is 20.6. The van der Waals surface area contributed by atoms with Crippen LogP contribution in [0, 0.1) is 11.8 Å². The number of carbonyl (C=O) groups is 2. The number of rotatable bonds is 18. The average molecular weight is 769 g/mol. The minimum Gasteiger partial charge on any atom is -0.427 e. The van der Waals surface area contributed by atoms with Crippen LogP contribution in [0.25, 0.3) is 0 Å². The van der Waals surface area contributed by atoms with Crippen LogP contribution in [0.5, 0.6) is 0 Å². The number of alkyl halides is 3. The number of hydrogen-bond acceptors (Lipinski definition) is 6. The number of ether oxygens (including phenoxy) is 4. The quantitative estimate of drug-likeness (QED) is 0.0570. The Bertz CT molecular complexity index is 1920. The molecular formula is C47H51F3O6. The molecule has 0 aliphatic heterocycles. The summed E-state index contributed by atoms with van der Waals surface area (Å²) < 4.78 is 65.3. The van der Waals surface area contributed by atoms with E-state index in [0.29, 0.717) is 34.6 Å². The minimum absolute atomic E-state index is 0.285. The molecule has 0 saturated heterocycles. The lowest BCUT2D eigenvalue weighted by atomic mass is 9.89. The van der Waals surface area contributed by atoms with E-state index in [1.165, 1.54) is 12.1 Å². The van der Waals surface area contributed by atoms with Gasteiger partial charge in [0.15, 0.2) is 0 Å². The van der Waals surface area contributed by atoms with Crippen molar-refractivity contribution in [2.24, 2.45) is 11.8 Å². The molecule has 4 aromatic carbocycles. The van der Waals surface area contributed by atoms with Gasteiger partial charge in [-0.2, -0.15) is 13.2 Å². The largest absolute Gasteiger partial charge is 0.427 e. The molecule has 0 radical (unpaired) electrons. The third-order valence-corrected chi connectivity index (χ3v) is 9.74. The zero-order valence-corrected chi connectivity index (χ0v) is 32.8. The maximum atomic E-state index is 13.4. The molecule has 4 rings (SSSR count). The van der Waals surface area contributed by atoms with E-state index in [4.69, 9.17) is 18.9 Å². The highest BCUT2D eigenvalue weighted by Gasteiger charge is 2.33. The molecule has 9 heteroatoms. The SMILES string of the molecule is C=C(C[C@H](O[C@@H](C)c1ccccc1)[C@H](C)/C(=C/C)OC(=O)c1ccccc1)C[C@@H](O[C@H](C)c1ccc(C(F)(F)F)cc1)[C@@H](C)/C(=C/C)OC(=O)c1ccccc1. The zero-order chi connectivity index (χ0) is 40.8. The number of hydrogen-bond donors (Lipinski definition) is 0. The van der Waals surface area contributed by atoms with Gasteiger partial charge in [-0.05, 0) is 100 Å². The van der Waals surface area contributed by atoms with Gasteiger partial charge in [-0.25, -0.2) is 9.59 Å². The first-order chi connectivity index (χ1) is 26.7. The summed E-state index contributed by atoms with van der Waals surface area (Å²) in [6.45, 7) is 15.6. The van der Waals surface area contributed by atoms with Gasteiger partial charge in [0.1, 0.15) is 11.5 Å². The fourth-order valence-electron chi connectivity index (χ4n) is 6.36. The Morgan fingerprint density at radius 3 is 1.30 bits per heavy atom. The first kappa shape index (κ1) is 43.5. The Balaban J connectivity index is 1.61. The van der Waals surface area contributed by atoms with Gasteiger partial charge in [-0.15, -0.1) is 0 Å². The van der Waals surface area contributed by atoms with Crippen LogP contribution in [0.4, 0.5) is 13.2 Å². The number of allylic oxidation sites excluding steroid dienone is 2. The summed E-state index contributed by atoms with van der Waals surface area (Å²) in [6.07, 6.45) is -2.46. The van der Waals surface area contributed by atoms with Crippen molar-refractivity contribution < 1.29 is 41.7 Å². The Morgan fingerprint density at radius 2 is 0.946 bits per heavy atom. The van der Waals surface area contributed by atoms with Crippen LogP contribution >= 0.6 is 0 Å². The molecular weight excluding hydrogens is 718 g/mol. The molecule has 296 valence electrons. The van der Waals surface area contributed by atoms with Crippen molar-refractivity contribution in [3.05, 3.63) is 179 Å². The summed E-state index contributed by atoms with van der Waals surface area (Å²) >= 11 is 0. The van der Waals surface area contributed by atoms with Gasteiger partial charge in [-0.3, -0.25) is 0 Å². The molecule has 0 aliphatic carbocycles. The normalized spacial score (nSPS) is 15.5. The van der Waals surface area contributed by atoms with Gasteiger partial charge in [-0.1, -0.05) is 105 Å². The Kier molecular flexibility index (Phi) is 16.0. The van der Waals surface area contributed by atoms with Crippen molar-refractivity contribution in [3.63, 3.8) is 0 Å². The smallest absolute Gasteiger partial charge is 0.416 e. The maximum absolute atomic E-state index is 13.4. The van der Waals surface area contributed by atoms with E-state index >= 15 is 0 Å². The fourth-order valence-corrected chi connectivity index (χ4v) is 6.36. The topological polar surface area (TPSA) is 71.1 Å². The molecule has 0 amide bonds. The highest BCUT2D eigenvalue weighted by atomic mass is 19.4. The first-order valence-electron chi connectivity index (χ1n) is 18.8. The van der Waals surface area contributed by atoms with Gasteiger partial charge in [0.05, 0.1) is 41.1 Å². The van der Waals surface area contributed by atoms with Crippen molar-refractivity contribution in [1.82, 2.24) is 0 Å². The van der Waals surface area contributed by atoms with Gasteiger partial charge in [0, 0.05) is 11.8 Å². The summed E-state index contributed by atoms with van der Waals surface area (Å²) in [5.74, 6) is -1.07. The second-order valence-electron chi connectivity index (χ2n) is 13.8. The molecule has 0 aliphatic rings. The predicted octanol–water partition coefficient (Wildman–Crippen LogP) is 12.4. The van der Waals surface area contributed by atoms with E-state index in [1.54, 1.807) is 87.5 Å².